The molecule has 1 amide bonds. The second-order valence-electron chi connectivity index (χ2n) is 5.82. The molecule has 9 heteroatoms. The Kier molecular flexibility index (Phi) is 4.62. The minimum Gasteiger partial charge on any atom is -0.308 e. The quantitative estimate of drug-likeness (QED) is 0.548. The van der Waals surface area contributed by atoms with Gasteiger partial charge < -0.3 is 4.90 Å². The zero-order valence-electron chi connectivity index (χ0n) is 13.2. The molecule has 0 atom stereocenters. The van der Waals surface area contributed by atoms with Gasteiger partial charge in [-0.2, -0.15) is 13.2 Å². The molecule has 0 aromatic heterocycles. The zero-order valence-corrected chi connectivity index (χ0v) is 14.0. The Bertz CT molecular complexity index is 899. The average Bonchev–Trinajstić information content (AvgIpc) is 2.59. The van der Waals surface area contributed by atoms with Crippen LogP contribution in [0, 0.1) is 10.1 Å². The molecule has 0 saturated carbocycles. The first-order chi connectivity index (χ1) is 12.2. The van der Waals surface area contributed by atoms with Crippen LogP contribution in [-0.4, -0.2) is 17.4 Å². The maximum absolute atomic E-state index is 12.9. The Morgan fingerprint density at radius 2 is 1.92 bits per heavy atom. The van der Waals surface area contributed by atoms with Crippen LogP contribution in [0.3, 0.4) is 0 Å². The summed E-state index contributed by atoms with van der Waals surface area (Å²) in [5.74, 6) is -0.523. The van der Waals surface area contributed by atoms with Gasteiger partial charge in [-0.3, -0.25) is 14.9 Å². The molecule has 2 aromatic carbocycles. The highest BCUT2D eigenvalue weighted by atomic mass is 35.5. The summed E-state index contributed by atoms with van der Waals surface area (Å²) in [6, 6.07) is 6.91. The van der Waals surface area contributed by atoms with Crippen molar-refractivity contribution in [2.75, 3.05) is 11.4 Å². The van der Waals surface area contributed by atoms with Gasteiger partial charge >= 0.3 is 6.18 Å². The van der Waals surface area contributed by atoms with Crippen LogP contribution in [0.4, 0.5) is 24.5 Å². The van der Waals surface area contributed by atoms with Gasteiger partial charge in [0.05, 0.1) is 10.5 Å². The van der Waals surface area contributed by atoms with E-state index in [-0.39, 0.29) is 10.6 Å². The van der Waals surface area contributed by atoms with Crippen molar-refractivity contribution in [3.63, 3.8) is 0 Å². The number of rotatable bonds is 2. The van der Waals surface area contributed by atoms with Crippen LogP contribution in [0.1, 0.15) is 27.9 Å². The van der Waals surface area contributed by atoms with E-state index in [9.17, 15) is 28.1 Å². The maximum Gasteiger partial charge on any atom is 0.416 e. The average molecular weight is 385 g/mol. The molecule has 1 heterocycles. The van der Waals surface area contributed by atoms with Crippen molar-refractivity contribution in [1.82, 2.24) is 0 Å². The number of nitro groups is 1. The van der Waals surface area contributed by atoms with Crippen molar-refractivity contribution < 1.29 is 22.9 Å². The van der Waals surface area contributed by atoms with E-state index in [0.29, 0.717) is 30.6 Å². The van der Waals surface area contributed by atoms with E-state index < -0.39 is 28.3 Å². The number of carbonyl (C=O) groups is 1. The number of hydrogen-bond acceptors (Lipinski definition) is 3. The number of aryl methyl sites for hydroxylation is 1. The van der Waals surface area contributed by atoms with Crippen LogP contribution in [0.25, 0.3) is 0 Å². The van der Waals surface area contributed by atoms with E-state index in [4.69, 9.17) is 11.6 Å². The van der Waals surface area contributed by atoms with Gasteiger partial charge in [0, 0.05) is 23.9 Å². The lowest BCUT2D eigenvalue weighted by Gasteiger charge is -2.30. The number of carbonyl (C=O) groups excluding carboxylic acids is 1. The number of halogens is 4. The summed E-state index contributed by atoms with van der Waals surface area (Å²) in [4.78, 5) is 24.4. The topological polar surface area (TPSA) is 63.4 Å². The van der Waals surface area contributed by atoms with Crippen molar-refractivity contribution in [3.8, 4) is 0 Å². The molecule has 0 fully saturated rings. The van der Waals surface area contributed by atoms with Crippen molar-refractivity contribution in [2.45, 2.75) is 19.0 Å². The van der Waals surface area contributed by atoms with Gasteiger partial charge in [0.15, 0.2) is 0 Å². The molecular formula is C17H12ClF3N2O3. The van der Waals surface area contributed by atoms with Gasteiger partial charge in [-0.15, -0.1) is 0 Å². The number of nitrogens with zero attached hydrogens (tertiary/aromatic N) is 2. The highest BCUT2D eigenvalue weighted by Crippen LogP contribution is 2.36. The summed E-state index contributed by atoms with van der Waals surface area (Å²) in [5.41, 5.74) is -0.321. The molecule has 0 unspecified atom stereocenters. The number of alkyl halides is 3. The standard InChI is InChI=1S/C17H12ClF3N2O3/c18-13-5-3-11(9-15(13)23(25)26)16(24)22-7-1-2-10-8-12(17(19,20)21)4-6-14(10)22/h3-6,8-9H,1-2,7H2. The van der Waals surface area contributed by atoms with Crippen LogP contribution in [0.15, 0.2) is 36.4 Å². The van der Waals surface area contributed by atoms with Crippen LogP contribution >= 0.6 is 11.6 Å². The lowest BCUT2D eigenvalue weighted by Crippen LogP contribution is -2.35. The highest BCUT2D eigenvalue weighted by molar-refractivity contribution is 6.32. The molecule has 0 saturated heterocycles. The fourth-order valence-electron chi connectivity index (χ4n) is 2.93. The molecule has 5 nitrogen and oxygen atoms in total. The van der Waals surface area contributed by atoms with E-state index in [2.05, 4.69) is 0 Å². The molecule has 26 heavy (non-hydrogen) atoms. The Balaban J connectivity index is 1.98. The molecule has 0 bridgehead atoms. The molecule has 0 radical (unpaired) electrons. The fraction of sp³-hybridized carbons (Fsp3) is 0.235. The molecule has 1 aliphatic heterocycles. The lowest BCUT2D eigenvalue weighted by molar-refractivity contribution is -0.384. The summed E-state index contributed by atoms with van der Waals surface area (Å²) < 4.78 is 38.6. The summed E-state index contributed by atoms with van der Waals surface area (Å²) in [7, 11) is 0. The van der Waals surface area contributed by atoms with Gasteiger partial charge in [0.1, 0.15) is 5.02 Å². The monoisotopic (exact) mass is 384 g/mol. The molecule has 3 rings (SSSR count). The predicted octanol–water partition coefficient (Wildman–Crippen LogP) is 4.86. The van der Waals surface area contributed by atoms with E-state index in [1.807, 2.05) is 0 Å². The third kappa shape index (κ3) is 3.37. The molecular weight excluding hydrogens is 373 g/mol. The SMILES string of the molecule is O=C(c1ccc(Cl)c([N+](=O)[O-])c1)N1CCCc2cc(C(F)(F)F)ccc21. The summed E-state index contributed by atoms with van der Waals surface area (Å²) in [5, 5.41) is 10.9. The van der Waals surface area contributed by atoms with E-state index in [0.717, 1.165) is 18.2 Å². The largest absolute Gasteiger partial charge is 0.416 e. The maximum atomic E-state index is 12.9. The number of fused-ring (bicyclic) bond motifs is 1. The molecule has 0 N–H and O–H groups in total. The number of amides is 1. The third-order valence-electron chi connectivity index (χ3n) is 4.16. The zero-order chi connectivity index (χ0) is 19.1. The Labute approximate surface area is 151 Å². The van der Waals surface area contributed by atoms with E-state index in [1.165, 1.54) is 23.1 Å². The normalized spacial score (nSPS) is 14.1. The summed E-state index contributed by atoms with van der Waals surface area (Å²) in [6.07, 6.45) is -3.54. The fourth-order valence-corrected chi connectivity index (χ4v) is 3.11. The van der Waals surface area contributed by atoms with Crippen LogP contribution in [-0.2, 0) is 12.6 Å². The number of nitro benzene ring substituents is 1. The third-order valence-corrected chi connectivity index (χ3v) is 4.48. The number of hydrogen-bond donors (Lipinski definition) is 0. The van der Waals surface area contributed by atoms with Gasteiger partial charge in [0.2, 0.25) is 0 Å². The van der Waals surface area contributed by atoms with Crippen molar-refractivity contribution in [1.29, 1.82) is 0 Å². The smallest absolute Gasteiger partial charge is 0.308 e. The van der Waals surface area contributed by atoms with Gasteiger partial charge in [-0.05, 0) is 48.7 Å². The van der Waals surface area contributed by atoms with Crippen LogP contribution in [0.2, 0.25) is 5.02 Å². The molecule has 2 aromatic rings. The van der Waals surface area contributed by atoms with Crippen molar-refractivity contribution >= 4 is 28.9 Å². The summed E-state index contributed by atoms with van der Waals surface area (Å²) in [6.45, 7) is 0.313. The second-order valence-corrected chi connectivity index (χ2v) is 6.23. The first-order valence-corrected chi connectivity index (χ1v) is 8.02. The molecule has 0 aliphatic carbocycles. The van der Waals surface area contributed by atoms with Crippen molar-refractivity contribution in [3.05, 3.63) is 68.2 Å². The van der Waals surface area contributed by atoms with Gasteiger partial charge in [-0.1, -0.05) is 11.6 Å². The summed E-state index contributed by atoms with van der Waals surface area (Å²) >= 11 is 5.75. The minimum atomic E-state index is -4.46. The number of benzene rings is 2. The van der Waals surface area contributed by atoms with Crippen LogP contribution in [0.5, 0.6) is 0 Å². The second kappa shape index (κ2) is 6.60. The minimum absolute atomic E-state index is 0.0499. The van der Waals surface area contributed by atoms with Gasteiger partial charge in [0.25, 0.3) is 11.6 Å². The predicted molar refractivity (Wildman–Crippen MR) is 89.5 cm³/mol. The van der Waals surface area contributed by atoms with Crippen molar-refractivity contribution in [2.24, 2.45) is 0 Å². The van der Waals surface area contributed by atoms with Gasteiger partial charge in [-0.25, -0.2) is 0 Å². The Hall–Kier alpha value is -2.61. The molecule has 136 valence electrons. The number of anilines is 1. The van der Waals surface area contributed by atoms with E-state index >= 15 is 0 Å². The van der Waals surface area contributed by atoms with E-state index in [1.54, 1.807) is 0 Å². The van der Waals surface area contributed by atoms with Crippen LogP contribution < -0.4 is 4.90 Å². The highest BCUT2D eigenvalue weighted by Gasteiger charge is 2.33. The first-order valence-electron chi connectivity index (χ1n) is 7.64. The Morgan fingerprint density at radius 3 is 2.58 bits per heavy atom. The molecule has 0 spiro atoms. The Morgan fingerprint density at radius 1 is 1.19 bits per heavy atom. The molecule has 1 aliphatic rings. The lowest BCUT2D eigenvalue weighted by atomic mass is 9.98. The first kappa shape index (κ1) is 18.2.